The molecular weight excluding hydrogens is 438 g/mol. The van der Waals surface area contributed by atoms with Gasteiger partial charge in [-0.2, -0.15) is 0 Å². The number of aliphatic imine (C=N–C) groups is 2. The van der Waals surface area contributed by atoms with Crippen LogP contribution >= 0.6 is 0 Å². The molecule has 158 valence electrons. The Labute approximate surface area is 179 Å². The molecule has 0 saturated carbocycles. The minimum absolute atomic E-state index is 0.0296. The Morgan fingerprint density at radius 1 is 0.742 bits per heavy atom. The van der Waals surface area contributed by atoms with E-state index in [1.54, 1.807) is 24.3 Å². The maximum Gasteiger partial charge on any atom is 0.238 e. The molecule has 0 amide bonds. The molecule has 31 heavy (non-hydrogen) atoms. The van der Waals surface area contributed by atoms with Gasteiger partial charge in [0.1, 0.15) is 5.84 Å². The van der Waals surface area contributed by atoms with Crippen LogP contribution in [-0.4, -0.2) is 28.5 Å². The fourth-order valence-electron chi connectivity index (χ4n) is 3.03. The van der Waals surface area contributed by atoms with Crippen LogP contribution in [0.4, 0.5) is 11.4 Å². The van der Waals surface area contributed by atoms with E-state index in [1.165, 1.54) is 24.3 Å². The van der Waals surface area contributed by atoms with E-state index in [9.17, 15) is 16.8 Å². The molecule has 0 saturated heterocycles. The molecular formula is C20H17N5O4S2. The number of nitrogens with two attached hydrogens (primary N) is 2. The van der Waals surface area contributed by atoms with Crippen LogP contribution in [0.2, 0.25) is 0 Å². The lowest BCUT2D eigenvalue weighted by Crippen LogP contribution is -2.14. The van der Waals surface area contributed by atoms with Gasteiger partial charge in [0.05, 0.1) is 15.5 Å². The first-order chi connectivity index (χ1) is 14.6. The molecule has 1 aliphatic rings. The summed E-state index contributed by atoms with van der Waals surface area (Å²) in [5.41, 5.74) is 2.34. The lowest BCUT2D eigenvalue weighted by atomic mass is 10.1. The molecule has 11 heteroatoms. The van der Waals surface area contributed by atoms with Gasteiger partial charge in [-0.15, -0.1) is 0 Å². The number of sulfonamides is 2. The number of benzene rings is 3. The third-order valence-corrected chi connectivity index (χ3v) is 6.27. The zero-order valence-electron chi connectivity index (χ0n) is 15.9. The van der Waals surface area contributed by atoms with E-state index < -0.39 is 20.0 Å². The topological polar surface area (TPSA) is 157 Å². The summed E-state index contributed by atoms with van der Waals surface area (Å²) in [5, 5.41) is 13.5. The number of anilines is 1. The van der Waals surface area contributed by atoms with E-state index in [0.717, 1.165) is 11.1 Å². The van der Waals surface area contributed by atoms with Crippen molar-refractivity contribution in [3.05, 3.63) is 83.9 Å². The van der Waals surface area contributed by atoms with E-state index in [-0.39, 0.29) is 9.79 Å². The molecule has 4 rings (SSSR count). The van der Waals surface area contributed by atoms with Crippen LogP contribution in [-0.2, 0) is 20.0 Å². The van der Waals surface area contributed by atoms with Gasteiger partial charge < -0.3 is 5.32 Å². The summed E-state index contributed by atoms with van der Waals surface area (Å²) in [6, 6.07) is 19.3. The number of primary sulfonamides is 2. The van der Waals surface area contributed by atoms with Gasteiger partial charge in [-0.25, -0.2) is 37.1 Å². The SMILES string of the molecule is NS(=O)(=O)c1cccc(N=C2N=C(Nc3cccc(S(N)(=O)=O)c3)c3ccccc32)c1. The molecule has 3 aromatic carbocycles. The zero-order valence-corrected chi connectivity index (χ0v) is 17.6. The molecule has 0 aromatic heterocycles. The van der Waals surface area contributed by atoms with Crippen LogP contribution in [0, 0.1) is 0 Å². The lowest BCUT2D eigenvalue weighted by molar-refractivity contribution is 0.596. The second kappa shape index (κ2) is 7.71. The Bertz CT molecular complexity index is 1460. The average Bonchev–Trinajstić information content (AvgIpc) is 3.05. The van der Waals surface area contributed by atoms with Crippen molar-refractivity contribution in [2.24, 2.45) is 20.3 Å². The van der Waals surface area contributed by atoms with Crippen molar-refractivity contribution < 1.29 is 16.8 Å². The summed E-state index contributed by atoms with van der Waals surface area (Å²) in [6.45, 7) is 0. The van der Waals surface area contributed by atoms with Crippen LogP contribution in [0.25, 0.3) is 0 Å². The summed E-state index contributed by atoms with van der Waals surface area (Å²) in [5.74, 6) is 0.829. The Morgan fingerprint density at radius 3 is 2.03 bits per heavy atom. The van der Waals surface area contributed by atoms with Gasteiger partial charge in [0.15, 0.2) is 5.84 Å². The Hall–Kier alpha value is -3.38. The van der Waals surface area contributed by atoms with Gasteiger partial charge >= 0.3 is 0 Å². The minimum Gasteiger partial charge on any atom is -0.340 e. The monoisotopic (exact) mass is 455 g/mol. The smallest absolute Gasteiger partial charge is 0.238 e. The minimum atomic E-state index is -3.86. The first kappa shape index (κ1) is 20.9. The molecule has 0 bridgehead atoms. The van der Waals surface area contributed by atoms with Crippen LogP contribution in [0.5, 0.6) is 0 Å². The van der Waals surface area contributed by atoms with Gasteiger partial charge in [0, 0.05) is 16.8 Å². The Balaban J connectivity index is 1.74. The number of fused-ring (bicyclic) bond motifs is 1. The standard InChI is InChI=1S/C20H17N5O4S2/c21-30(26,27)15-7-3-5-13(11-15)23-19-17-9-1-2-10-18(17)20(25-19)24-14-6-4-8-16(12-14)31(22,28)29/h1-12H,(H2,21,26,27)(H2,22,28,29)(H,23,24,25). The number of amidine groups is 2. The molecule has 5 N–H and O–H groups in total. The average molecular weight is 456 g/mol. The van der Waals surface area contributed by atoms with E-state index in [4.69, 9.17) is 10.3 Å². The highest BCUT2D eigenvalue weighted by Gasteiger charge is 2.22. The van der Waals surface area contributed by atoms with Gasteiger partial charge in [0.25, 0.3) is 0 Å². The Kier molecular flexibility index (Phi) is 5.19. The highest BCUT2D eigenvalue weighted by atomic mass is 32.2. The first-order valence-corrected chi connectivity index (χ1v) is 12.0. The number of rotatable bonds is 4. The summed E-state index contributed by atoms with van der Waals surface area (Å²) in [7, 11) is -7.71. The normalized spacial score (nSPS) is 14.9. The maximum atomic E-state index is 11.6. The lowest BCUT2D eigenvalue weighted by Gasteiger charge is -2.08. The van der Waals surface area contributed by atoms with Crippen molar-refractivity contribution in [2.45, 2.75) is 9.79 Å². The summed E-state index contributed by atoms with van der Waals surface area (Å²) in [6.07, 6.45) is 0. The van der Waals surface area contributed by atoms with Crippen molar-refractivity contribution in [1.82, 2.24) is 0 Å². The molecule has 0 aliphatic carbocycles. The number of hydrogen-bond acceptors (Lipinski definition) is 6. The second-order valence-corrected chi connectivity index (χ2v) is 9.80. The molecule has 0 fully saturated rings. The molecule has 9 nitrogen and oxygen atoms in total. The van der Waals surface area contributed by atoms with Crippen molar-refractivity contribution >= 4 is 43.1 Å². The predicted octanol–water partition coefficient (Wildman–Crippen LogP) is 1.93. The van der Waals surface area contributed by atoms with Crippen LogP contribution in [0.3, 0.4) is 0 Å². The molecule has 0 unspecified atom stereocenters. The molecule has 1 heterocycles. The quantitative estimate of drug-likeness (QED) is 0.548. The van der Waals surface area contributed by atoms with E-state index in [0.29, 0.717) is 23.0 Å². The van der Waals surface area contributed by atoms with Gasteiger partial charge in [0.2, 0.25) is 20.0 Å². The number of hydrogen-bond donors (Lipinski definition) is 3. The molecule has 3 aromatic rings. The molecule has 0 spiro atoms. The van der Waals surface area contributed by atoms with Crippen LogP contribution < -0.4 is 15.6 Å². The fraction of sp³-hybridized carbons (Fsp3) is 0. The summed E-state index contributed by atoms with van der Waals surface area (Å²) >= 11 is 0. The van der Waals surface area contributed by atoms with Crippen molar-refractivity contribution in [3.8, 4) is 0 Å². The number of nitrogens with zero attached hydrogens (tertiary/aromatic N) is 2. The summed E-state index contributed by atoms with van der Waals surface area (Å²) in [4.78, 5) is 8.92. The van der Waals surface area contributed by atoms with Gasteiger partial charge in [-0.1, -0.05) is 36.4 Å². The second-order valence-electron chi connectivity index (χ2n) is 6.68. The van der Waals surface area contributed by atoms with Crippen molar-refractivity contribution in [1.29, 1.82) is 0 Å². The predicted molar refractivity (Wildman–Crippen MR) is 118 cm³/mol. The summed E-state index contributed by atoms with van der Waals surface area (Å²) < 4.78 is 46.5. The van der Waals surface area contributed by atoms with E-state index >= 15 is 0 Å². The highest BCUT2D eigenvalue weighted by molar-refractivity contribution is 7.89. The molecule has 1 aliphatic heterocycles. The zero-order chi connectivity index (χ0) is 22.2. The largest absolute Gasteiger partial charge is 0.340 e. The third kappa shape index (κ3) is 4.54. The highest BCUT2D eigenvalue weighted by Crippen LogP contribution is 2.25. The molecule has 0 atom stereocenters. The van der Waals surface area contributed by atoms with Crippen LogP contribution in [0.15, 0.2) is 92.6 Å². The van der Waals surface area contributed by atoms with E-state index in [2.05, 4.69) is 15.3 Å². The first-order valence-electron chi connectivity index (χ1n) is 8.91. The van der Waals surface area contributed by atoms with Crippen LogP contribution in [0.1, 0.15) is 11.1 Å². The molecule has 0 radical (unpaired) electrons. The van der Waals surface area contributed by atoms with Gasteiger partial charge in [-0.05, 0) is 36.4 Å². The van der Waals surface area contributed by atoms with Crippen molar-refractivity contribution in [3.63, 3.8) is 0 Å². The van der Waals surface area contributed by atoms with E-state index in [1.807, 2.05) is 24.3 Å². The Morgan fingerprint density at radius 2 is 1.35 bits per heavy atom. The maximum absolute atomic E-state index is 11.6. The number of nitrogens with one attached hydrogen (secondary N) is 1. The van der Waals surface area contributed by atoms with Crippen molar-refractivity contribution in [2.75, 3.05) is 5.32 Å². The third-order valence-electron chi connectivity index (χ3n) is 4.45. The fourth-order valence-corrected chi connectivity index (χ4v) is 4.14. The van der Waals surface area contributed by atoms with Gasteiger partial charge in [-0.3, -0.25) is 0 Å².